The molecule has 3 rings (SSSR count). The van der Waals surface area contributed by atoms with Crippen LogP contribution in [0.25, 0.3) is 11.1 Å². The molecule has 160 valence electrons. The molecule has 0 aliphatic rings. The second-order valence-electron chi connectivity index (χ2n) is 7.64. The van der Waals surface area contributed by atoms with E-state index in [-0.39, 0.29) is 24.1 Å². The van der Waals surface area contributed by atoms with Gasteiger partial charge in [0.2, 0.25) is 5.91 Å². The Hall–Kier alpha value is -3.31. The maximum absolute atomic E-state index is 13.2. The zero-order chi connectivity index (χ0) is 22.2. The minimum absolute atomic E-state index is 0.00603. The molecule has 0 radical (unpaired) electrons. The van der Waals surface area contributed by atoms with E-state index in [2.05, 4.69) is 0 Å². The van der Waals surface area contributed by atoms with Gasteiger partial charge in [-0.05, 0) is 53.3 Å². The van der Waals surface area contributed by atoms with Gasteiger partial charge in [0.25, 0.3) is 0 Å². The van der Waals surface area contributed by atoms with E-state index in [1.54, 1.807) is 18.0 Å². The van der Waals surface area contributed by atoms with Gasteiger partial charge in [-0.1, -0.05) is 54.6 Å². The van der Waals surface area contributed by atoms with Gasteiger partial charge in [-0.3, -0.25) is 9.59 Å². The molecule has 0 fully saturated rings. The molecule has 0 heterocycles. The lowest BCUT2D eigenvalue weighted by molar-refractivity contribution is -0.128. The predicted octanol–water partition coefficient (Wildman–Crippen LogP) is 4.62. The van der Waals surface area contributed by atoms with E-state index in [9.17, 15) is 14.0 Å². The molecule has 0 aromatic heterocycles. The highest BCUT2D eigenvalue weighted by atomic mass is 19.1. The van der Waals surface area contributed by atoms with Crippen LogP contribution in [0.3, 0.4) is 0 Å². The van der Waals surface area contributed by atoms with Crippen LogP contribution in [-0.2, 0) is 17.8 Å². The minimum Gasteiger partial charge on any atom is -0.340 e. The van der Waals surface area contributed by atoms with Crippen molar-refractivity contribution in [2.75, 3.05) is 13.6 Å². The molecule has 0 unspecified atom stereocenters. The first-order chi connectivity index (χ1) is 15.0. The van der Waals surface area contributed by atoms with Crippen molar-refractivity contribution in [1.29, 1.82) is 0 Å². The Morgan fingerprint density at radius 1 is 0.903 bits per heavy atom. The fourth-order valence-electron chi connectivity index (χ4n) is 3.51. The van der Waals surface area contributed by atoms with Gasteiger partial charge in [0.1, 0.15) is 5.82 Å². The lowest BCUT2D eigenvalue weighted by Crippen LogP contribution is -2.32. The van der Waals surface area contributed by atoms with Crippen molar-refractivity contribution in [3.8, 4) is 11.1 Å². The number of benzene rings is 3. The normalized spacial score (nSPS) is 10.7. The van der Waals surface area contributed by atoms with Gasteiger partial charge < -0.3 is 10.6 Å². The molecule has 4 nitrogen and oxygen atoms in total. The zero-order valence-corrected chi connectivity index (χ0v) is 17.7. The highest BCUT2D eigenvalue weighted by Gasteiger charge is 2.09. The van der Waals surface area contributed by atoms with Crippen molar-refractivity contribution >= 4 is 11.7 Å². The first kappa shape index (κ1) is 22.4. The molecule has 0 atom stereocenters. The highest BCUT2D eigenvalue weighted by molar-refractivity contribution is 5.96. The van der Waals surface area contributed by atoms with Crippen LogP contribution in [0.15, 0.2) is 72.8 Å². The van der Waals surface area contributed by atoms with Crippen molar-refractivity contribution in [2.24, 2.45) is 5.73 Å². The Kier molecular flexibility index (Phi) is 7.68. The third kappa shape index (κ3) is 6.33. The lowest BCUT2D eigenvalue weighted by atomic mass is 9.98. The number of aryl methyl sites for hydroxylation is 1. The van der Waals surface area contributed by atoms with E-state index in [4.69, 9.17) is 5.73 Å². The zero-order valence-electron chi connectivity index (χ0n) is 17.7. The number of likely N-dealkylation sites (N-methyl/N-ethyl adjacent to an activating group) is 1. The van der Waals surface area contributed by atoms with Gasteiger partial charge in [-0.15, -0.1) is 0 Å². The number of hydrogen-bond donors (Lipinski definition) is 1. The summed E-state index contributed by atoms with van der Waals surface area (Å²) in [6.45, 7) is 0.486. The van der Waals surface area contributed by atoms with Crippen molar-refractivity contribution in [1.82, 2.24) is 4.90 Å². The largest absolute Gasteiger partial charge is 0.340 e. The fraction of sp³-hybridized carbons (Fsp3) is 0.231. The maximum atomic E-state index is 13.2. The average molecular weight is 419 g/mol. The number of carbonyl (C=O) groups is 2. The van der Waals surface area contributed by atoms with Gasteiger partial charge in [0.15, 0.2) is 5.78 Å². The SMILES string of the molecule is CN(Cc1cccc(-c2ccc(C(=O)CCCc3cccc(F)c3)cc2)c1)C(=O)CN. The summed E-state index contributed by atoms with van der Waals surface area (Å²) in [6.07, 6.45) is 1.78. The number of halogens is 1. The number of rotatable bonds is 9. The minimum atomic E-state index is -0.249. The molecule has 0 saturated carbocycles. The Morgan fingerprint density at radius 2 is 1.61 bits per heavy atom. The van der Waals surface area contributed by atoms with Crippen LogP contribution in [-0.4, -0.2) is 30.2 Å². The van der Waals surface area contributed by atoms with E-state index in [0.717, 1.165) is 22.3 Å². The Bertz CT molecular complexity index is 1050. The van der Waals surface area contributed by atoms with Crippen LogP contribution in [0, 0.1) is 5.82 Å². The van der Waals surface area contributed by atoms with Gasteiger partial charge in [0.05, 0.1) is 6.54 Å². The van der Waals surface area contributed by atoms with Crippen LogP contribution in [0.1, 0.15) is 34.3 Å². The molecule has 0 bridgehead atoms. The number of amides is 1. The second kappa shape index (κ2) is 10.6. The monoisotopic (exact) mass is 418 g/mol. The van der Waals surface area contributed by atoms with Gasteiger partial charge >= 0.3 is 0 Å². The van der Waals surface area contributed by atoms with Crippen molar-refractivity contribution in [2.45, 2.75) is 25.8 Å². The summed E-state index contributed by atoms with van der Waals surface area (Å²) in [5.41, 5.74) is 10.0. The molecule has 5 heteroatoms. The first-order valence-electron chi connectivity index (χ1n) is 10.4. The molecular weight excluding hydrogens is 391 g/mol. The Morgan fingerprint density at radius 3 is 2.32 bits per heavy atom. The summed E-state index contributed by atoms with van der Waals surface area (Å²) in [5, 5.41) is 0. The van der Waals surface area contributed by atoms with Crippen LogP contribution in [0.2, 0.25) is 0 Å². The molecule has 3 aromatic carbocycles. The molecule has 3 aromatic rings. The Labute approximate surface area is 182 Å². The van der Waals surface area contributed by atoms with E-state index < -0.39 is 0 Å². The smallest absolute Gasteiger partial charge is 0.236 e. The molecule has 0 saturated heterocycles. The highest BCUT2D eigenvalue weighted by Crippen LogP contribution is 2.22. The number of nitrogens with zero attached hydrogens (tertiary/aromatic N) is 1. The van der Waals surface area contributed by atoms with Gasteiger partial charge in [0, 0.05) is 25.6 Å². The number of Topliss-reactive ketones (excluding diaryl/α,β-unsaturated/α-hetero) is 1. The summed E-state index contributed by atoms with van der Waals surface area (Å²) in [5.74, 6) is -0.273. The quantitative estimate of drug-likeness (QED) is 0.516. The van der Waals surface area contributed by atoms with E-state index in [1.807, 2.05) is 54.6 Å². The summed E-state index contributed by atoms with van der Waals surface area (Å²) in [4.78, 5) is 25.8. The average Bonchev–Trinajstić information content (AvgIpc) is 2.78. The lowest BCUT2D eigenvalue weighted by Gasteiger charge is -2.16. The van der Waals surface area contributed by atoms with E-state index in [1.165, 1.54) is 12.1 Å². The first-order valence-corrected chi connectivity index (χ1v) is 10.4. The van der Waals surface area contributed by atoms with Gasteiger partial charge in [-0.2, -0.15) is 0 Å². The maximum Gasteiger partial charge on any atom is 0.236 e. The molecule has 1 amide bonds. The van der Waals surface area contributed by atoms with Crippen LogP contribution < -0.4 is 5.73 Å². The van der Waals surface area contributed by atoms with Crippen molar-refractivity contribution in [3.63, 3.8) is 0 Å². The van der Waals surface area contributed by atoms with Crippen molar-refractivity contribution < 1.29 is 14.0 Å². The van der Waals surface area contributed by atoms with Gasteiger partial charge in [-0.25, -0.2) is 4.39 Å². The summed E-state index contributed by atoms with van der Waals surface area (Å²) >= 11 is 0. The third-order valence-corrected chi connectivity index (χ3v) is 5.25. The summed E-state index contributed by atoms with van der Waals surface area (Å²) in [6, 6.07) is 22.0. The molecule has 0 aliphatic carbocycles. The van der Waals surface area contributed by atoms with E-state index >= 15 is 0 Å². The number of nitrogens with two attached hydrogens (primary N) is 1. The third-order valence-electron chi connectivity index (χ3n) is 5.25. The van der Waals surface area contributed by atoms with Crippen LogP contribution >= 0.6 is 0 Å². The number of ketones is 1. The number of hydrogen-bond acceptors (Lipinski definition) is 3. The summed E-state index contributed by atoms with van der Waals surface area (Å²) < 4.78 is 13.2. The predicted molar refractivity (Wildman–Crippen MR) is 121 cm³/mol. The fourth-order valence-corrected chi connectivity index (χ4v) is 3.51. The molecule has 0 aliphatic heterocycles. The van der Waals surface area contributed by atoms with Crippen molar-refractivity contribution in [3.05, 3.63) is 95.3 Å². The number of carbonyl (C=O) groups excluding carboxylic acids is 2. The summed E-state index contributed by atoms with van der Waals surface area (Å²) in [7, 11) is 1.73. The molecule has 31 heavy (non-hydrogen) atoms. The Balaban J connectivity index is 1.60. The standard InChI is InChI=1S/C26H27FN2O2/c1-29(26(31)17-28)18-20-7-2-8-23(15-20)21-11-13-22(14-12-21)25(30)10-4-6-19-5-3-9-24(27)16-19/h2-3,5,7-9,11-16H,4,6,10,17-18,28H2,1H3. The topological polar surface area (TPSA) is 63.4 Å². The molecule has 0 spiro atoms. The van der Waals surface area contributed by atoms with E-state index in [0.29, 0.717) is 31.4 Å². The van der Waals surface area contributed by atoms with Crippen LogP contribution in [0.5, 0.6) is 0 Å². The molecular formula is C26H27FN2O2. The van der Waals surface area contributed by atoms with Crippen LogP contribution in [0.4, 0.5) is 4.39 Å². The molecule has 2 N–H and O–H groups in total. The second-order valence-corrected chi connectivity index (χ2v) is 7.64.